The van der Waals surface area contributed by atoms with Crippen LogP contribution in [0.1, 0.15) is 51.8 Å². The summed E-state index contributed by atoms with van der Waals surface area (Å²) in [6.45, 7) is 1.81. The first kappa shape index (κ1) is 23.7. The number of carbonyl (C=O) groups is 1. The van der Waals surface area contributed by atoms with E-state index in [4.69, 9.17) is 16.1 Å². The smallest absolute Gasteiger partial charge is 0.296 e. The zero-order valence-corrected chi connectivity index (χ0v) is 19.7. The molecule has 0 fully saturated rings. The van der Waals surface area contributed by atoms with Crippen LogP contribution in [0, 0.1) is 11.3 Å². The van der Waals surface area contributed by atoms with Crippen molar-refractivity contribution in [1.29, 1.82) is 5.26 Å². The topological polar surface area (TPSA) is 152 Å². The second-order valence-corrected chi connectivity index (χ2v) is 8.39. The van der Waals surface area contributed by atoms with Gasteiger partial charge < -0.3 is 14.9 Å². The first-order valence-electron chi connectivity index (χ1n) is 10.4. The lowest BCUT2D eigenvalue weighted by molar-refractivity contribution is 0.101. The number of hydrogen-bond acceptors (Lipinski definition) is 8. The van der Waals surface area contributed by atoms with Crippen LogP contribution < -0.4 is 10.9 Å². The fourth-order valence-corrected chi connectivity index (χ4v) is 4.19. The third-order valence-corrected chi connectivity index (χ3v) is 5.90. The molecule has 0 spiro atoms. The Morgan fingerprint density at radius 2 is 2.09 bits per heavy atom. The number of aromatic hydroxyl groups is 1. The van der Waals surface area contributed by atoms with Crippen molar-refractivity contribution < 1.29 is 14.4 Å². The molecule has 0 aliphatic carbocycles. The van der Waals surface area contributed by atoms with Crippen LogP contribution in [0.2, 0.25) is 5.02 Å². The largest absolute Gasteiger partial charge is 0.501 e. The number of nitriles is 1. The molecule has 178 valence electrons. The van der Waals surface area contributed by atoms with Crippen molar-refractivity contribution in [2.24, 2.45) is 14.1 Å². The molecule has 1 amide bonds. The second kappa shape index (κ2) is 9.44. The number of hydrogen-bond donors (Lipinski definition) is 2. The minimum Gasteiger partial charge on any atom is -0.501 e. The summed E-state index contributed by atoms with van der Waals surface area (Å²) < 4.78 is 7.49. The van der Waals surface area contributed by atoms with E-state index in [1.165, 1.54) is 24.1 Å². The Labute approximate surface area is 204 Å². The molecule has 3 heterocycles. The Morgan fingerprint density at radius 3 is 2.71 bits per heavy atom. The third-order valence-electron chi connectivity index (χ3n) is 5.67. The van der Waals surface area contributed by atoms with Crippen molar-refractivity contribution >= 4 is 23.2 Å². The van der Waals surface area contributed by atoms with E-state index in [9.17, 15) is 20.0 Å². The summed E-state index contributed by atoms with van der Waals surface area (Å²) in [7, 11) is 3.21. The highest BCUT2D eigenvalue weighted by molar-refractivity contribution is 6.30. The van der Waals surface area contributed by atoms with Gasteiger partial charge in [-0.2, -0.15) is 10.4 Å². The Bertz CT molecular complexity index is 1500. The third kappa shape index (κ3) is 4.51. The van der Waals surface area contributed by atoms with Gasteiger partial charge in [-0.3, -0.25) is 18.8 Å². The van der Waals surface area contributed by atoms with Crippen LogP contribution in [0.3, 0.4) is 0 Å². The zero-order valence-electron chi connectivity index (χ0n) is 18.9. The van der Waals surface area contributed by atoms with Crippen molar-refractivity contribution in [2.45, 2.75) is 18.8 Å². The number of anilines is 1. The van der Waals surface area contributed by atoms with Crippen LogP contribution in [0.15, 0.2) is 52.4 Å². The van der Waals surface area contributed by atoms with Crippen LogP contribution in [0.25, 0.3) is 0 Å². The van der Waals surface area contributed by atoms with Crippen molar-refractivity contribution in [3.63, 3.8) is 0 Å². The van der Waals surface area contributed by atoms with E-state index in [0.29, 0.717) is 16.1 Å². The lowest BCUT2D eigenvalue weighted by atomic mass is 9.80. The maximum absolute atomic E-state index is 12.9. The number of nitrogens with zero attached hydrogens (tertiary/aromatic N) is 6. The molecule has 1 aromatic carbocycles. The standard InChI is InChI=1S/C23H20ClN7O4/c1-12(18(14-8-26-30(2)10-14)17-6-15(24)5-4-13(17)7-25)21-29-19(20(32)23(34)31(21)3)22(33)28-16-9-27-35-11-16/h4-6,8-12,18,32H,1-3H3,(H,28,33). The zero-order chi connectivity index (χ0) is 25.3. The SMILES string of the molecule is CC(c1nc(C(=O)Nc2cnoc2)c(O)c(=O)n1C)C(c1cnn(C)c1)c1cc(Cl)ccc1C#N. The quantitative estimate of drug-likeness (QED) is 0.416. The summed E-state index contributed by atoms with van der Waals surface area (Å²) in [5, 5.41) is 30.8. The van der Waals surface area contributed by atoms with E-state index in [1.54, 1.807) is 49.2 Å². The summed E-state index contributed by atoms with van der Waals surface area (Å²) >= 11 is 6.27. The van der Waals surface area contributed by atoms with Gasteiger partial charge in [-0.1, -0.05) is 23.7 Å². The Balaban J connectivity index is 1.87. The number of rotatable bonds is 6. The molecule has 0 saturated heterocycles. The summed E-state index contributed by atoms with van der Waals surface area (Å²) in [5.41, 5.74) is 0.734. The minimum atomic E-state index is -0.810. The maximum atomic E-state index is 12.9. The van der Waals surface area contributed by atoms with Crippen LogP contribution in [0.4, 0.5) is 5.69 Å². The lowest BCUT2D eigenvalue weighted by Crippen LogP contribution is -2.29. The predicted octanol–water partition coefficient (Wildman–Crippen LogP) is 2.92. The molecule has 11 nitrogen and oxygen atoms in total. The molecule has 4 aromatic rings. The van der Waals surface area contributed by atoms with Gasteiger partial charge in [0, 0.05) is 37.2 Å². The number of nitrogens with one attached hydrogen (secondary N) is 1. The van der Waals surface area contributed by atoms with Gasteiger partial charge in [0.15, 0.2) is 5.69 Å². The number of halogens is 1. The Morgan fingerprint density at radius 1 is 1.31 bits per heavy atom. The van der Waals surface area contributed by atoms with Crippen molar-refractivity contribution in [2.75, 3.05) is 5.32 Å². The van der Waals surface area contributed by atoms with Crippen LogP contribution >= 0.6 is 11.6 Å². The molecule has 0 aliphatic rings. The van der Waals surface area contributed by atoms with Crippen molar-refractivity contribution in [3.8, 4) is 11.8 Å². The number of benzene rings is 1. The summed E-state index contributed by atoms with van der Waals surface area (Å²) in [5.74, 6) is -2.45. The summed E-state index contributed by atoms with van der Waals surface area (Å²) in [4.78, 5) is 30.1. The maximum Gasteiger partial charge on any atom is 0.296 e. The highest BCUT2D eigenvalue weighted by atomic mass is 35.5. The van der Waals surface area contributed by atoms with Gasteiger partial charge in [0.25, 0.3) is 11.5 Å². The highest BCUT2D eigenvalue weighted by Gasteiger charge is 2.31. The molecule has 0 radical (unpaired) electrons. The normalized spacial score (nSPS) is 12.7. The van der Waals surface area contributed by atoms with E-state index < -0.39 is 34.7 Å². The first-order chi connectivity index (χ1) is 16.7. The fourth-order valence-electron chi connectivity index (χ4n) is 4.01. The molecular weight excluding hydrogens is 474 g/mol. The van der Waals surface area contributed by atoms with Gasteiger partial charge in [0.05, 0.1) is 24.0 Å². The monoisotopic (exact) mass is 493 g/mol. The van der Waals surface area contributed by atoms with Gasteiger partial charge in [-0.15, -0.1) is 0 Å². The van der Waals surface area contributed by atoms with E-state index in [-0.39, 0.29) is 11.5 Å². The molecule has 4 rings (SSSR count). The predicted molar refractivity (Wildman–Crippen MR) is 125 cm³/mol. The van der Waals surface area contributed by atoms with Gasteiger partial charge in [-0.25, -0.2) is 4.98 Å². The molecule has 2 atom stereocenters. The van der Waals surface area contributed by atoms with Gasteiger partial charge >= 0.3 is 0 Å². The van der Waals surface area contributed by atoms with E-state index in [2.05, 4.69) is 26.6 Å². The summed E-state index contributed by atoms with van der Waals surface area (Å²) in [6, 6.07) is 7.11. The van der Waals surface area contributed by atoms with Crippen LogP contribution in [0.5, 0.6) is 5.75 Å². The molecule has 0 bridgehead atoms. The molecule has 35 heavy (non-hydrogen) atoms. The van der Waals surface area contributed by atoms with E-state index in [0.717, 1.165) is 5.56 Å². The first-order valence-corrected chi connectivity index (χ1v) is 10.8. The second-order valence-electron chi connectivity index (χ2n) is 7.96. The van der Waals surface area contributed by atoms with Gasteiger partial charge in [-0.05, 0) is 29.3 Å². The fraction of sp³-hybridized carbons (Fsp3) is 0.217. The number of aryl methyl sites for hydroxylation is 1. The highest BCUT2D eigenvalue weighted by Crippen LogP contribution is 2.39. The number of amides is 1. The van der Waals surface area contributed by atoms with Crippen LogP contribution in [-0.2, 0) is 14.1 Å². The van der Waals surface area contributed by atoms with E-state index in [1.807, 2.05) is 0 Å². The number of carbonyl (C=O) groups excluding carboxylic acids is 1. The molecule has 0 aliphatic heterocycles. The lowest BCUT2D eigenvalue weighted by Gasteiger charge is -2.26. The molecule has 2 unspecified atom stereocenters. The minimum absolute atomic E-state index is 0.209. The summed E-state index contributed by atoms with van der Waals surface area (Å²) in [6.07, 6.45) is 5.91. The van der Waals surface area contributed by atoms with E-state index >= 15 is 0 Å². The molecule has 12 heteroatoms. The Hall–Kier alpha value is -4.43. The average molecular weight is 494 g/mol. The van der Waals surface area contributed by atoms with Crippen LogP contribution in [-0.4, -0.2) is 35.5 Å². The molecule has 3 aromatic heterocycles. The number of aromatic nitrogens is 5. The van der Waals surface area contributed by atoms with Gasteiger partial charge in [0.1, 0.15) is 17.8 Å². The molecular formula is C23H20ClN7O4. The van der Waals surface area contributed by atoms with Crippen molar-refractivity contribution in [1.82, 2.24) is 24.5 Å². The molecule has 2 N–H and O–H groups in total. The van der Waals surface area contributed by atoms with Crippen molar-refractivity contribution in [3.05, 3.63) is 86.6 Å². The van der Waals surface area contributed by atoms with Gasteiger partial charge in [0.2, 0.25) is 5.75 Å². The Kier molecular flexibility index (Phi) is 6.40. The molecule has 0 saturated carbocycles. The average Bonchev–Trinajstić information content (AvgIpc) is 3.49.